The first kappa shape index (κ1) is 30.8. The Bertz CT molecular complexity index is 1180. The van der Waals surface area contributed by atoms with Gasteiger partial charge in [-0.3, -0.25) is 9.69 Å². The Morgan fingerprint density at radius 2 is 1.66 bits per heavy atom. The fraction of sp³-hybridized carbons (Fsp3) is 0.974. The zero-order chi connectivity index (χ0) is 31.1. The Morgan fingerprint density at radius 1 is 0.932 bits per heavy atom. The zero-order valence-electron chi connectivity index (χ0n) is 29.1. The van der Waals surface area contributed by atoms with E-state index in [0.29, 0.717) is 39.9 Å². The second kappa shape index (κ2) is 9.77. The molecule has 2 spiro atoms. The summed E-state index contributed by atoms with van der Waals surface area (Å²) >= 11 is 0. The number of morpholine rings is 1. The third-order valence-corrected chi connectivity index (χ3v) is 16.2. The summed E-state index contributed by atoms with van der Waals surface area (Å²) < 4.78 is 25.5. The fourth-order valence-electron chi connectivity index (χ4n) is 13.9. The third-order valence-electron chi connectivity index (χ3n) is 16.2. The average Bonchev–Trinajstić information content (AvgIpc) is 3.52. The van der Waals surface area contributed by atoms with E-state index in [9.17, 15) is 4.79 Å². The summed E-state index contributed by atoms with van der Waals surface area (Å²) in [6, 6.07) is 0.547. The monoisotopic (exact) mass is 611 g/mol. The highest BCUT2D eigenvalue weighted by atomic mass is 16.7. The number of hydrogen-bond donors (Lipinski definition) is 0. The number of ether oxygens (including phenoxy) is 4. The van der Waals surface area contributed by atoms with Crippen LogP contribution in [0, 0.1) is 56.2 Å². The number of hydrogen-bond acceptors (Lipinski definition) is 6. The van der Waals surface area contributed by atoms with Gasteiger partial charge in [-0.25, -0.2) is 0 Å². The summed E-state index contributed by atoms with van der Waals surface area (Å²) in [6.45, 7) is 23.4. The van der Waals surface area contributed by atoms with Crippen LogP contribution in [0.15, 0.2) is 0 Å². The topological polar surface area (TPSA) is 57.2 Å². The molecule has 0 aromatic rings. The molecule has 0 N–H and O–H groups in total. The Morgan fingerprint density at radius 3 is 2.36 bits per heavy atom. The van der Waals surface area contributed by atoms with Crippen molar-refractivity contribution in [3.05, 3.63) is 0 Å². The summed E-state index contributed by atoms with van der Waals surface area (Å²) in [7, 11) is 0. The maximum absolute atomic E-state index is 13.4. The van der Waals surface area contributed by atoms with Crippen molar-refractivity contribution in [3.63, 3.8) is 0 Å². The highest BCUT2D eigenvalue weighted by Gasteiger charge is 2.83. The van der Waals surface area contributed by atoms with Crippen LogP contribution in [0.5, 0.6) is 0 Å². The second-order valence-electron chi connectivity index (χ2n) is 19.2. The normalized spacial score (nSPS) is 53.4. The number of nitrogens with zero attached hydrogens (tertiary/aromatic N) is 1. The highest BCUT2D eigenvalue weighted by molar-refractivity contribution is 5.88. The Balaban J connectivity index is 1.01. The van der Waals surface area contributed by atoms with Crippen LogP contribution in [0.2, 0.25) is 0 Å². The van der Waals surface area contributed by atoms with Gasteiger partial charge in [-0.15, -0.1) is 0 Å². The number of carbonyl (C=O) groups excluding carboxylic acids is 1. The minimum absolute atomic E-state index is 0.112. The quantitative estimate of drug-likeness (QED) is 0.345. The van der Waals surface area contributed by atoms with Crippen molar-refractivity contribution in [2.45, 2.75) is 144 Å². The molecule has 0 aromatic carbocycles. The SMILES string of the molecule is C[C@@H]1CC(C(=O)C(C)(C)C)OC2C[C@@]3(C)[C@@H]4CCC5C(C)(C)[C@@H](OC6CN(C7COC7)CCO6)CC[C@@]56C[C@@]46CC[C@]3(C)C21. The second-order valence-corrected chi connectivity index (χ2v) is 19.2. The van der Waals surface area contributed by atoms with Crippen molar-refractivity contribution in [2.24, 2.45) is 56.2 Å². The number of ketones is 1. The van der Waals surface area contributed by atoms with Crippen LogP contribution < -0.4 is 0 Å². The van der Waals surface area contributed by atoms with Gasteiger partial charge >= 0.3 is 0 Å². The lowest BCUT2D eigenvalue weighted by molar-refractivity contribution is -0.255. The fourth-order valence-corrected chi connectivity index (χ4v) is 13.9. The molecular formula is C38H61NO5. The lowest BCUT2D eigenvalue weighted by Gasteiger charge is -2.63. The molecule has 0 amide bonds. The number of rotatable bonds is 4. The van der Waals surface area contributed by atoms with E-state index in [1.165, 1.54) is 44.9 Å². The van der Waals surface area contributed by atoms with Gasteiger partial charge in [-0.1, -0.05) is 55.4 Å². The summed E-state index contributed by atoms with van der Waals surface area (Å²) in [5.41, 5.74) is 1.36. The maximum atomic E-state index is 13.4. The van der Waals surface area contributed by atoms with E-state index in [-0.39, 0.29) is 40.8 Å². The van der Waals surface area contributed by atoms with Gasteiger partial charge in [0.25, 0.3) is 0 Å². The molecule has 5 aliphatic carbocycles. The molecule has 8 fully saturated rings. The molecule has 8 aliphatic rings. The van der Waals surface area contributed by atoms with E-state index in [4.69, 9.17) is 18.9 Å². The lowest BCUT2D eigenvalue weighted by atomic mass is 9.41. The third kappa shape index (κ3) is 3.99. The molecule has 6 heteroatoms. The molecule has 8 rings (SSSR count). The van der Waals surface area contributed by atoms with E-state index in [1.54, 1.807) is 0 Å². The van der Waals surface area contributed by atoms with Gasteiger partial charge in [0.15, 0.2) is 12.1 Å². The maximum Gasteiger partial charge on any atom is 0.170 e. The number of carbonyl (C=O) groups is 1. The van der Waals surface area contributed by atoms with Gasteiger partial charge in [0.1, 0.15) is 6.10 Å². The molecule has 0 radical (unpaired) electrons. The predicted octanol–water partition coefficient (Wildman–Crippen LogP) is 6.89. The Hall–Kier alpha value is -0.530. The van der Waals surface area contributed by atoms with Gasteiger partial charge < -0.3 is 18.9 Å². The first-order chi connectivity index (χ1) is 20.7. The van der Waals surface area contributed by atoms with Crippen LogP contribution in [0.1, 0.15) is 113 Å². The summed E-state index contributed by atoms with van der Waals surface area (Å²) in [5, 5.41) is 0. The average molecular weight is 612 g/mol. The largest absolute Gasteiger partial charge is 0.378 e. The molecular weight excluding hydrogens is 550 g/mol. The van der Waals surface area contributed by atoms with Crippen LogP contribution in [0.25, 0.3) is 0 Å². The zero-order valence-corrected chi connectivity index (χ0v) is 29.1. The van der Waals surface area contributed by atoms with Gasteiger partial charge in [-0.05, 0) is 109 Å². The number of Topliss-reactive ketones (excluding diaryl/α,β-unsaturated/α-hetero) is 1. The molecule has 0 aromatic heterocycles. The van der Waals surface area contributed by atoms with Crippen molar-refractivity contribution in [1.82, 2.24) is 4.90 Å². The first-order valence-electron chi connectivity index (χ1n) is 18.4. The molecule has 6 nitrogen and oxygen atoms in total. The molecule has 5 unspecified atom stereocenters. The minimum Gasteiger partial charge on any atom is -0.378 e. The molecule has 248 valence electrons. The van der Waals surface area contributed by atoms with Crippen LogP contribution in [0.3, 0.4) is 0 Å². The van der Waals surface area contributed by atoms with Gasteiger partial charge in [0.2, 0.25) is 0 Å². The van der Waals surface area contributed by atoms with E-state index in [2.05, 4.69) is 60.3 Å². The van der Waals surface area contributed by atoms with Gasteiger partial charge in [-0.2, -0.15) is 0 Å². The molecule has 5 saturated carbocycles. The van der Waals surface area contributed by atoms with E-state index < -0.39 is 0 Å². The van der Waals surface area contributed by atoms with Crippen LogP contribution in [-0.4, -0.2) is 74.2 Å². The van der Waals surface area contributed by atoms with E-state index >= 15 is 0 Å². The highest BCUT2D eigenvalue weighted by Crippen LogP contribution is 2.89. The van der Waals surface area contributed by atoms with Crippen LogP contribution in [0.4, 0.5) is 0 Å². The van der Waals surface area contributed by atoms with E-state index in [1.807, 2.05) is 0 Å². The molecule has 12 atom stereocenters. The smallest absolute Gasteiger partial charge is 0.170 e. The van der Waals surface area contributed by atoms with Crippen molar-refractivity contribution in [3.8, 4) is 0 Å². The van der Waals surface area contributed by atoms with Crippen LogP contribution >= 0.6 is 0 Å². The van der Waals surface area contributed by atoms with Crippen molar-refractivity contribution in [2.75, 3.05) is 32.9 Å². The Kier molecular flexibility index (Phi) is 6.83. The molecule has 3 aliphatic heterocycles. The summed E-state index contributed by atoms with van der Waals surface area (Å²) in [5.74, 6) is 2.91. The van der Waals surface area contributed by atoms with Crippen LogP contribution in [-0.2, 0) is 23.7 Å². The first-order valence-corrected chi connectivity index (χ1v) is 18.4. The Labute approximate surface area is 267 Å². The van der Waals surface area contributed by atoms with Crippen molar-refractivity contribution in [1.29, 1.82) is 0 Å². The molecule has 3 heterocycles. The number of fused-ring (bicyclic) bond motifs is 4. The lowest BCUT2D eigenvalue weighted by Crippen LogP contribution is -2.59. The summed E-state index contributed by atoms with van der Waals surface area (Å²) in [6.07, 6.45) is 11.5. The predicted molar refractivity (Wildman–Crippen MR) is 170 cm³/mol. The van der Waals surface area contributed by atoms with Gasteiger partial charge in [0, 0.05) is 12.0 Å². The molecule has 0 bridgehead atoms. The van der Waals surface area contributed by atoms with Crippen molar-refractivity contribution < 1.29 is 23.7 Å². The van der Waals surface area contributed by atoms with Crippen molar-refractivity contribution >= 4 is 5.78 Å². The minimum atomic E-state index is -0.345. The van der Waals surface area contributed by atoms with E-state index in [0.717, 1.165) is 57.6 Å². The summed E-state index contributed by atoms with van der Waals surface area (Å²) in [4.78, 5) is 15.9. The standard InChI is InChI=1S/C38H61NO5/c1-23-17-25(32(40)33(2,3)4)43-26-18-36(8)28-10-9-27-34(5,6)29(44-30-19-39(15-16-42-30)24-20-41-21-24)11-12-37(27)22-38(28,37)14-13-35(36,7)31(23)26/h23-31H,9-22H2,1-8H3/t23-,25?,26?,27?,28+,29+,30?,31?,35-,36+,37-,38+/m1/s1. The van der Waals surface area contributed by atoms with Gasteiger partial charge in [0.05, 0.1) is 44.6 Å². The molecule has 3 saturated heterocycles. The molecule has 44 heavy (non-hydrogen) atoms.